The second kappa shape index (κ2) is 9.23. The average Bonchev–Trinajstić information content (AvgIpc) is 3.65. The third kappa shape index (κ3) is 4.44. The number of imidazole rings is 1. The molecule has 0 saturated heterocycles. The molecule has 1 N–H and O–H groups in total. The number of para-hydroxylation sites is 4. The van der Waals surface area contributed by atoms with Crippen molar-refractivity contribution in [3.63, 3.8) is 0 Å². The van der Waals surface area contributed by atoms with E-state index < -0.39 is 0 Å². The van der Waals surface area contributed by atoms with Crippen molar-refractivity contribution in [3.8, 4) is 0 Å². The Balaban J connectivity index is 1.29. The molecule has 6 nitrogen and oxygen atoms in total. The Morgan fingerprint density at radius 1 is 0.886 bits per heavy atom. The van der Waals surface area contributed by atoms with Gasteiger partial charge in [0.05, 0.1) is 28.2 Å². The number of benzene rings is 3. The van der Waals surface area contributed by atoms with Crippen LogP contribution in [0.25, 0.3) is 11.0 Å². The van der Waals surface area contributed by atoms with Crippen molar-refractivity contribution in [2.45, 2.75) is 43.4 Å². The van der Waals surface area contributed by atoms with Crippen LogP contribution in [0, 0.1) is 0 Å². The van der Waals surface area contributed by atoms with Gasteiger partial charge in [0.1, 0.15) is 6.54 Å². The summed E-state index contributed by atoms with van der Waals surface area (Å²) in [6.07, 6.45) is 3.89. The molecule has 1 aromatic heterocycles. The topological polar surface area (TPSA) is 67.2 Å². The van der Waals surface area contributed by atoms with E-state index in [1.807, 2.05) is 70.1 Å². The summed E-state index contributed by atoms with van der Waals surface area (Å²) >= 11 is 1.39. The van der Waals surface area contributed by atoms with Gasteiger partial charge in [0.15, 0.2) is 5.16 Å². The SMILES string of the molecule is O=C(Cn1c(SCC(=O)N2c3ccccc3CCc3ccccc32)nc2ccccc21)NC1CC1. The van der Waals surface area contributed by atoms with Crippen molar-refractivity contribution in [2.24, 2.45) is 0 Å². The molecule has 1 aliphatic carbocycles. The number of nitrogens with one attached hydrogen (secondary N) is 1. The smallest absolute Gasteiger partial charge is 0.242 e. The molecule has 2 heterocycles. The molecular formula is C28H26N4O2S. The summed E-state index contributed by atoms with van der Waals surface area (Å²) in [4.78, 5) is 33.0. The van der Waals surface area contributed by atoms with E-state index in [-0.39, 0.29) is 24.1 Å². The van der Waals surface area contributed by atoms with Crippen LogP contribution in [0.1, 0.15) is 24.0 Å². The molecule has 35 heavy (non-hydrogen) atoms. The highest BCUT2D eigenvalue weighted by molar-refractivity contribution is 7.99. The van der Waals surface area contributed by atoms with E-state index in [2.05, 4.69) is 17.4 Å². The summed E-state index contributed by atoms with van der Waals surface area (Å²) < 4.78 is 1.93. The molecule has 1 saturated carbocycles. The van der Waals surface area contributed by atoms with Crippen LogP contribution in [0.4, 0.5) is 11.4 Å². The first-order valence-electron chi connectivity index (χ1n) is 12.0. The van der Waals surface area contributed by atoms with Gasteiger partial charge in [-0.15, -0.1) is 0 Å². The van der Waals surface area contributed by atoms with Gasteiger partial charge in [0, 0.05) is 6.04 Å². The predicted molar refractivity (Wildman–Crippen MR) is 139 cm³/mol. The van der Waals surface area contributed by atoms with E-state index in [1.165, 1.54) is 22.9 Å². The van der Waals surface area contributed by atoms with Gasteiger partial charge < -0.3 is 9.88 Å². The minimum absolute atomic E-state index is 0.00200. The number of thioether (sulfide) groups is 1. The van der Waals surface area contributed by atoms with E-state index >= 15 is 0 Å². The molecule has 2 aliphatic rings. The van der Waals surface area contributed by atoms with Crippen molar-refractivity contribution in [1.29, 1.82) is 0 Å². The number of nitrogens with zero attached hydrogens (tertiary/aromatic N) is 3. The average molecular weight is 483 g/mol. The van der Waals surface area contributed by atoms with Crippen molar-refractivity contribution in [3.05, 3.63) is 83.9 Å². The van der Waals surface area contributed by atoms with Gasteiger partial charge in [0.2, 0.25) is 11.8 Å². The Morgan fingerprint density at radius 2 is 1.51 bits per heavy atom. The first-order chi connectivity index (χ1) is 17.2. The zero-order valence-corrected chi connectivity index (χ0v) is 20.1. The van der Waals surface area contributed by atoms with E-state index in [1.54, 1.807) is 0 Å². The quantitative estimate of drug-likeness (QED) is 0.398. The van der Waals surface area contributed by atoms with Crippen LogP contribution in [0.5, 0.6) is 0 Å². The molecule has 1 aliphatic heterocycles. The highest BCUT2D eigenvalue weighted by Gasteiger charge is 2.27. The van der Waals surface area contributed by atoms with E-state index in [4.69, 9.17) is 4.98 Å². The van der Waals surface area contributed by atoms with Crippen molar-refractivity contribution in [1.82, 2.24) is 14.9 Å². The molecule has 4 aromatic rings. The molecule has 0 radical (unpaired) electrons. The minimum Gasteiger partial charge on any atom is -0.352 e. The number of fused-ring (bicyclic) bond motifs is 3. The second-order valence-electron chi connectivity index (χ2n) is 9.09. The fourth-order valence-corrected chi connectivity index (χ4v) is 5.56. The Bertz CT molecular complexity index is 1380. The molecule has 7 heteroatoms. The first-order valence-corrected chi connectivity index (χ1v) is 13.0. The van der Waals surface area contributed by atoms with Gasteiger partial charge in [-0.3, -0.25) is 14.5 Å². The fraction of sp³-hybridized carbons (Fsp3) is 0.250. The van der Waals surface area contributed by atoms with E-state index in [9.17, 15) is 9.59 Å². The lowest BCUT2D eigenvalue weighted by atomic mass is 10.0. The highest BCUT2D eigenvalue weighted by Crippen LogP contribution is 2.37. The fourth-order valence-electron chi connectivity index (χ4n) is 4.70. The Kier molecular flexibility index (Phi) is 5.78. The third-order valence-electron chi connectivity index (χ3n) is 6.57. The second-order valence-corrected chi connectivity index (χ2v) is 10.0. The van der Waals surface area contributed by atoms with Gasteiger partial charge in [-0.25, -0.2) is 4.98 Å². The highest BCUT2D eigenvalue weighted by atomic mass is 32.2. The largest absolute Gasteiger partial charge is 0.352 e. The number of hydrogen-bond acceptors (Lipinski definition) is 4. The zero-order valence-electron chi connectivity index (χ0n) is 19.3. The van der Waals surface area contributed by atoms with Gasteiger partial charge in [-0.05, 0) is 61.1 Å². The lowest BCUT2D eigenvalue weighted by Gasteiger charge is -2.25. The summed E-state index contributed by atoms with van der Waals surface area (Å²) in [5.41, 5.74) is 5.96. The first kappa shape index (κ1) is 21.9. The predicted octanol–water partition coefficient (Wildman–Crippen LogP) is 4.87. The van der Waals surface area contributed by atoms with Gasteiger partial charge in [-0.2, -0.15) is 0 Å². The van der Waals surface area contributed by atoms with Crippen LogP contribution in [-0.4, -0.2) is 33.2 Å². The molecule has 0 bridgehead atoms. The maximum atomic E-state index is 13.7. The summed E-state index contributed by atoms with van der Waals surface area (Å²) in [6, 6.07) is 24.4. The number of amides is 2. The number of aryl methyl sites for hydroxylation is 2. The molecule has 2 amide bonds. The summed E-state index contributed by atoms with van der Waals surface area (Å²) in [5, 5.41) is 3.74. The van der Waals surface area contributed by atoms with E-state index in [0.717, 1.165) is 48.1 Å². The molecule has 176 valence electrons. The molecule has 1 fully saturated rings. The Labute approximate surface area is 208 Å². The normalized spacial score (nSPS) is 14.8. The molecule has 0 unspecified atom stereocenters. The van der Waals surface area contributed by atoms with Crippen LogP contribution in [0.3, 0.4) is 0 Å². The van der Waals surface area contributed by atoms with Crippen LogP contribution in [0.15, 0.2) is 78.0 Å². The minimum atomic E-state index is -0.0146. The van der Waals surface area contributed by atoms with Gasteiger partial charge in [0.25, 0.3) is 0 Å². The zero-order chi connectivity index (χ0) is 23.8. The molecule has 6 rings (SSSR count). The third-order valence-corrected chi connectivity index (χ3v) is 7.53. The van der Waals surface area contributed by atoms with E-state index in [0.29, 0.717) is 11.2 Å². The van der Waals surface area contributed by atoms with Gasteiger partial charge >= 0.3 is 0 Å². The van der Waals surface area contributed by atoms with Crippen molar-refractivity contribution < 1.29 is 9.59 Å². The summed E-state index contributed by atoms with van der Waals surface area (Å²) in [5.74, 6) is 0.202. The van der Waals surface area contributed by atoms with Crippen LogP contribution >= 0.6 is 11.8 Å². The van der Waals surface area contributed by atoms with Crippen molar-refractivity contribution >= 4 is 46.0 Å². The summed E-state index contributed by atoms with van der Waals surface area (Å²) in [7, 11) is 0. The van der Waals surface area contributed by atoms with Crippen LogP contribution in [0.2, 0.25) is 0 Å². The maximum absolute atomic E-state index is 13.7. The lowest BCUT2D eigenvalue weighted by molar-refractivity contribution is -0.121. The molecule has 0 atom stereocenters. The molecule has 0 spiro atoms. The summed E-state index contributed by atoms with van der Waals surface area (Å²) in [6.45, 7) is 0.197. The van der Waals surface area contributed by atoms with Crippen molar-refractivity contribution in [2.75, 3.05) is 10.7 Å². The molecule has 3 aromatic carbocycles. The Morgan fingerprint density at radius 3 is 2.20 bits per heavy atom. The number of anilines is 2. The number of carbonyl (C=O) groups excluding carboxylic acids is 2. The number of carbonyl (C=O) groups is 2. The number of hydrogen-bond donors (Lipinski definition) is 1. The number of aromatic nitrogens is 2. The van der Waals surface area contributed by atoms with Crippen LogP contribution < -0.4 is 10.2 Å². The molecular weight excluding hydrogens is 456 g/mol. The maximum Gasteiger partial charge on any atom is 0.242 e. The standard InChI is InChI=1S/C28H26N4O2S/c33-26(29-21-15-16-21)17-31-25-12-6-3-9-22(25)30-28(31)35-18-27(34)32-23-10-4-1-7-19(23)13-14-20-8-2-5-11-24(20)32/h1-12,21H,13-18H2,(H,29,33). The number of rotatable bonds is 6. The lowest BCUT2D eigenvalue weighted by Crippen LogP contribution is -2.30. The monoisotopic (exact) mass is 482 g/mol. The van der Waals surface area contributed by atoms with Gasteiger partial charge in [-0.1, -0.05) is 60.3 Å². The Hall–Kier alpha value is -3.58. The van der Waals surface area contributed by atoms with Crippen LogP contribution in [-0.2, 0) is 29.0 Å².